The van der Waals surface area contributed by atoms with Crippen LogP contribution >= 0.6 is 0 Å². The Morgan fingerprint density at radius 2 is 1.96 bits per heavy atom. The minimum atomic E-state index is -0.248. The molecule has 4 rings (SSSR count). The van der Waals surface area contributed by atoms with Crippen LogP contribution in [0.2, 0.25) is 0 Å². The van der Waals surface area contributed by atoms with Crippen molar-refractivity contribution < 1.29 is 14.6 Å². The van der Waals surface area contributed by atoms with Crippen molar-refractivity contribution in [3.8, 4) is 0 Å². The van der Waals surface area contributed by atoms with Gasteiger partial charge in [0.25, 0.3) is 0 Å². The zero-order valence-corrected chi connectivity index (χ0v) is 16.1. The Morgan fingerprint density at radius 3 is 2.78 bits per heavy atom. The number of quaternary nitrogens is 2. The van der Waals surface area contributed by atoms with Crippen molar-refractivity contribution in [3.05, 3.63) is 81.2 Å². The predicted molar refractivity (Wildman–Crippen MR) is 107 cm³/mol. The molecular weight excluding hydrogens is 336 g/mol. The van der Waals surface area contributed by atoms with E-state index in [2.05, 4.69) is 54.7 Å². The average molecular weight is 364 g/mol. The van der Waals surface area contributed by atoms with Gasteiger partial charge in [-0.2, -0.15) is 0 Å². The highest BCUT2D eigenvalue weighted by atomic mass is 16.4. The van der Waals surface area contributed by atoms with E-state index in [4.69, 9.17) is 4.42 Å². The number of nitrogens with one attached hydrogen (secondary N) is 1. The standard InChI is InChI=1S/C23H26N2O2/c1-16-8-9-21-19(12-22(26)27-23(21)17(16)2)13-24-20-10-11-25(15-20)14-18-6-4-3-5-7-18/h3-9,12,20,24H,10-11,13-15H2,1-2H3/p+2/t20-/m1/s1. The summed E-state index contributed by atoms with van der Waals surface area (Å²) in [6.07, 6.45) is 1.22. The van der Waals surface area contributed by atoms with Gasteiger partial charge in [-0.15, -0.1) is 0 Å². The summed E-state index contributed by atoms with van der Waals surface area (Å²) in [5.74, 6) is 0. The maximum Gasteiger partial charge on any atom is 0.336 e. The van der Waals surface area contributed by atoms with Crippen LogP contribution in [-0.2, 0) is 13.1 Å². The number of fused-ring (bicyclic) bond motifs is 1. The largest absolute Gasteiger partial charge is 0.422 e. The summed E-state index contributed by atoms with van der Waals surface area (Å²) in [4.78, 5) is 13.7. The molecule has 0 aliphatic carbocycles. The van der Waals surface area contributed by atoms with Gasteiger partial charge in [0.15, 0.2) is 0 Å². The van der Waals surface area contributed by atoms with Crippen molar-refractivity contribution in [1.82, 2.24) is 0 Å². The summed E-state index contributed by atoms with van der Waals surface area (Å²) in [6, 6.07) is 17.2. The molecule has 4 nitrogen and oxygen atoms in total. The van der Waals surface area contributed by atoms with Crippen molar-refractivity contribution >= 4 is 11.0 Å². The third kappa shape index (κ3) is 3.97. The molecule has 1 unspecified atom stereocenters. The Balaban J connectivity index is 1.44. The van der Waals surface area contributed by atoms with Gasteiger partial charge in [0.1, 0.15) is 31.3 Å². The molecule has 1 aromatic heterocycles. The smallest absolute Gasteiger partial charge is 0.336 e. The summed E-state index contributed by atoms with van der Waals surface area (Å²) in [5.41, 5.74) is 5.20. The van der Waals surface area contributed by atoms with Gasteiger partial charge in [-0.05, 0) is 25.0 Å². The monoisotopic (exact) mass is 364 g/mol. The van der Waals surface area contributed by atoms with Crippen LogP contribution in [0.25, 0.3) is 11.0 Å². The Hall–Kier alpha value is -2.43. The third-order valence-corrected chi connectivity index (χ3v) is 5.91. The van der Waals surface area contributed by atoms with Gasteiger partial charge in [-0.25, -0.2) is 4.79 Å². The van der Waals surface area contributed by atoms with E-state index in [0.29, 0.717) is 6.04 Å². The van der Waals surface area contributed by atoms with Crippen molar-refractivity contribution in [2.24, 2.45) is 0 Å². The molecule has 1 saturated heterocycles. The lowest BCUT2D eigenvalue weighted by Crippen LogP contribution is -3.10. The molecule has 0 bridgehead atoms. The second kappa shape index (κ2) is 7.67. The molecule has 3 aromatic rings. The lowest BCUT2D eigenvalue weighted by atomic mass is 10.0. The highest BCUT2D eigenvalue weighted by Gasteiger charge is 2.28. The van der Waals surface area contributed by atoms with E-state index in [1.165, 1.54) is 25.1 Å². The van der Waals surface area contributed by atoms with Crippen LogP contribution in [0.4, 0.5) is 0 Å². The summed E-state index contributed by atoms with van der Waals surface area (Å²) in [7, 11) is 0. The molecule has 2 atom stereocenters. The van der Waals surface area contributed by atoms with E-state index < -0.39 is 0 Å². The van der Waals surface area contributed by atoms with Gasteiger partial charge in [-0.3, -0.25) is 0 Å². The molecule has 4 heteroatoms. The molecule has 1 aliphatic heterocycles. The molecule has 2 heterocycles. The molecule has 0 radical (unpaired) electrons. The van der Waals surface area contributed by atoms with Gasteiger partial charge in [0.05, 0.1) is 13.0 Å². The maximum absolute atomic E-state index is 12.0. The Kier molecular flexibility index (Phi) is 5.10. The third-order valence-electron chi connectivity index (χ3n) is 5.91. The van der Waals surface area contributed by atoms with Crippen molar-refractivity contribution in [1.29, 1.82) is 0 Å². The Labute approximate surface area is 159 Å². The van der Waals surface area contributed by atoms with Gasteiger partial charge >= 0.3 is 5.63 Å². The molecule has 0 amide bonds. The van der Waals surface area contributed by atoms with Gasteiger partial charge in [-0.1, -0.05) is 42.5 Å². The molecule has 140 valence electrons. The lowest BCUT2D eigenvalue weighted by Gasteiger charge is -2.13. The van der Waals surface area contributed by atoms with Crippen molar-refractivity contribution in [2.45, 2.75) is 39.4 Å². The number of benzene rings is 2. The van der Waals surface area contributed by atoms with E-state index in [1.54, 1.807) is 11.0 Å². The second-order valence-corrected chi connectivity index (χ2v) is 7.83. The van der Waals surface area contributed by atoms with Crippen LogP contribution in [0, 0.1) is 13.8 Å². The fraction of sp³-hybridized carbons (Fsp3) is 0.348. The van der Waals surface area contributed by atoms with Gasteiger partial charge < -0.3 is 14.6 Å². The first kappa shape index (κ1) is 18.0. The number of likely N-dealkylation sites (tertiary alicyclic amines) is 1. The first-order valence-electron chi connectivity index (χ1n) is 9.84. The SMILES string of the molecule is Cc1ccc2c(C[NH2+][C@@H]3CC[NH+](Cc4ccccc4)C3)cc(=O)oc2c1C. The molecule has 27 heavy (non-hydrogen) atoms. The zero-order valence-electron chi connectivity index (χ0n) is 16.1. The quantitative estimate of drug-likeness (QED) is 0.671. The van der Waals surface area contributed by atoms with E-state index in [-0.39, 0.29) is 5.63 Å². The maximum atomic E-state index is 12.0. The fourth-order valence-electron chi connectivity index (χ4n) is 4.20. The average Bonchev–Trinajstić information content (AvgIpc) is 3.11. The van der Waals surface area contributed by atoms with Crippen LogP contribution in [0.15, 0.2) is 57.7 Å². The normalized spacial score (nSPS) is 19.6. The predicted octanol–water partition coefficient (Wildman–Crippen LogP) is 1.33. The van der Waals surface area contributed by atoms with Crippen LogP contribution in [0.3, 0.4) is 0 Å². The highest BCUT2D eigenvalue weighted by molar-refractivity contribution is 5.83. The molecule has 0 saturated carbocycles. The lowest BCUT2D eigenvalue weighted by molar-refractivity contribution is -0.911. The zero-order chi connectivity index (χ0) is 18.8. The summed E-state index contributed by atoms with van der Waals surface area (Å²) in [5, 5.41) is 3.47. The number of hydrogen-bond donors (Lipinski definition) is 2. The number of rotatable bonds is 5. The minimum Gasteiger partial charge on any atom is -0.422 e. The summed E-state index contributed by atoms with van der Waals surface area (Å²) >= 11 is 0. The van der Waals surface area contributed by atoms with Crippen molar-refractivity contribution in [3.63, 3.8) is 0 Å². The van der Waals surface area contributed by atoms with E-state index in [1.807, 2.05) is 6.92 Å². The number of hydrogen-bond acceptors (Lipinski definition) is 2. The van der Waals surface area contributed by atoms with Crippen molar-refractivity contribution in [2.75, 3.05) is 13.1 Å². The molecular formula is C23H28N2O2+2. The Morgan fingerprint density at radius 1 is 1.15 bits per heavy atom. The second-order valence-electron chi connectivity index (χ2n) is 7.83. The first-order valence-corrected chi connectivity index (χ1v) is 9.84. The fourth-order valence-corrected chi connectivity index (χ4v) is 4.20. The van der Waals surface area contributed by atoms with E-state index in [0.717, 1.165) is 40.7 Å². The van der Waals surface area contributed by atoms with Crippen LogP contribution in [0.1, 0.15) is 28.7 Å². The highest BCUT2D eigenvalue weighted by Crippen LogP contribution is 2.22. The van der Waals surface area contributed by atoms with Gasteiger partial charge in [0, 0.05) is 22.6 Å². The van der Waals surface area contributed by atoms with E-state index in [9.17, 15) is 4.79 Å². The summed E-state index contributed by atoms with van der Waals surface area (Å²) < 4.78 is 5.50. The molecule has 3 N–H and O–H groups in total. The molecule has 1 aliphatic rings. The number of aryl methyl sites for hydroxylation is 2. The van der Waals surface area contributed by atoms with Crippen LogP contribution in [0.5, 0.6) is 0 Å². The van der Waals surface area contributed by atoms with Crippen LogP contribution < -0.4 is 15.8 Å². The Bertz CT molecular complexity index is 994. The number of nitrogens with two attached hydrogens (primary N) is 1. The van der Waals surface area contributed by atoms with Gasteiger partial charge in [0.2, 0.25) is 0 Å². The van der Waals surface area contributed by atoms with E-state index >= 15 is 0 Å². The first-order chi connectivity index (χ1) is 13.1. The molecule has 2 aromatic carbocycles. The molecule has 1 fully saturated rings. The molecule has 0 spiro atoms. The summed E-state index contributed by atoms with van der Waals surface area (Å²) in [6.45, 7) is 8.39. The van der Waals surface area contributed by atoms with Crippen LogP contribution in [-0.4, -0.2) is 19.1 Å². The topological polar surface area (TPSA) is 51.3 Å². The minimum absolute atomic E-state index is 0.248.